The zero-order valence-electron chi connectivity index (χ0n) is 11.8. The molecule has 0 aromatic heterocycles. The Balaban J connectivity index is 1.94. The van der Waals surface area contributed by atoms with Crippen LogP contribution >= 0.6 is 0 Å². The fourth-order valence-electron chi connectivity index (χ4n) is 1.69. The third-order valence-electron chi connectivity index (χ3n) is 2.72. The molecule has 0 spiro atoms. The first-order valence-corrected chi connectivity index (χ1v) is 6.51. The molecule has 112 valence electrons. The van der Waals surface area contributed by atoms with Gasteiger partial charge in [0.25, 0.3) is 5.91 Å². The number of rotatable bonds is 4. The van der Waals surface area contributed by atoms with Crippen molar-refractivity contribution in [2.45, 2.75) is 6.92 Å². The highest BCUT2D eigenvalue weighted by atomic mass is 19.1. The van der Waals surface area contributed by atoms with E-state index in [2.05, 4.69) is 15.8 Å². The number of amides is 2. The second-order valence-corrected chi connectivity index (χ2v) is 4.51. The Hall–Kier alpha value is -3.02. The van der Waals surface area contributed by atoms with E-state index in [9.17, 15) is 14.0 Å². The quantitative estimate of drug-likeness (QED) is 0.673. The molecule has 22 heavy (non-hydrogen) atoms. The van der Waals surface area contributed by atoms with Gasteiger partial charge in [-0.2, -0.15) is 5.10 Å². The zero-order chi connectivity index (χ0) is 15.9. The highest BCUT2D eigenvalue weighted by Gasteiger charge is 2.04. The molecule has 2 aromatic carbocycles. The van der Waals surface area contributed by atoms with Crippen molar-refractivity contribution < 1.29 is 14.0 Å². The molecule has 0 aliphatic heterocycles. The number of hydrazone groups is 1. The third kappa shape index (κ3) is 4.52. The van der Waals surface area contributed by atoms with Crippen LogP contribution in [0.5, 0.6) is 0 Å². The molecule has 5 nitrogen and oxygen atoms in total. The normalized spacial score (nSPS) is 10.5. The fraction of sp³-hybridized carbons (Fsp3) is 0.0625. The summed E-state index contributed by atoms with van der Waals surface area (Å²) >= 11 is 0. The highest BCUT2D eigenvalue weighted by Crippen LogP contribution is 2.09. The minimum absolute atomic E-state index is 0.180. The average Bonchev–Trinajstić information content (AvgIpc) is 2.49. The molecule has 0 fully saturated rings. The van der Waals surface area contributed by atoms with Crippen molar-refractivity contribution in [3.8, 4) is 0 Å². The van der Waals surface area contributed by atoms with Crippen molar-refractivity contribution >= 4 is 23.7 Å². The predicted octanol–water partition coefficient (Wildman–Crippen LogP) is 2.55. The van der Waals surface area contributed by atoms with Gasteiger partial charge in [-0.25, -0.2) is 9.82 Å². The van der Waals surface area contributed by atoms with Gasteiger partial charge in [0.05, 0.1) is 6.21 Å². The number of halogens is 1. The molecule has 2 aromatic rings. The summed E-state index contributed by atoms with van der Waals surface area (Å²) in [6.45, 7) is 1.41. The number of hydrogen-bond acceptors (Lipinski definition) is 3. The predicted molar refractivity (Wildman–Crippen MR) is 82.2 cm³/mol. The molecule has 0 saturated carbocycles. The number of carbonyl (C=O) groups excluding carboxylic acids is 2. The van der Waals surface area contributed by atoms with Crippen LogP contribution in [0.25, 0.3) is 0 Å². The third-order valence-corrected chi connectivity index (χ3v) is 2.72. The van der Waals surface area contributed by atoms with Crippen molar-refractivity contribution in [1.29, 1.82) is 0 Å². The Bertz CT molecular complexity index is 694. The Morgan fingerprint density at radius 1 is 1.05 bits per heavy atom. The van der Waals surface area contributed by atoms with Crippen molar-refractivity contribution in [3.63, 3.8) is 0 Å². The largest absolute Gasteiger partial charge is 0.326 e. The first-order valence-electron chi connectivity index (χ1n) is 6.51. The van der Waals surface area contributed by atoms with Crippen LogP contribution in [-0.2, 0) is 4.79 Å². The van der Waals surface area contributed by atoms with E-state index < -0.39 is 0 Å². The second-order valence-electron chi connectivity index (χ2n) is 4.51. The van der Waals surface area contributed by atoms with Crippen molar-refractivity contribution in [2.75, 3.05) is 5.32 Å². The lowest BCUT2D eigenvalue weighted by molar-refractivity contribution is -0.114. The molecule has 2 amide bonds. The topological polar surface area (TPSA) is 70.6 Å². The Labute approximate surface area is 126 Å². The number of benzene rings is 2. The van der Waals surface area contributed by atoms with Crippen LogP contribution in [0.2, 0.25) is 0 Å². The van der Waals surface area contributed by atoms with Gasteiger partial charge < -0.3 is 5.32 Å². The van der Waals surface area contributed by atoms with Crippen molar-refractivity contribution in [2.24, 2.45) is 5.10 Å². The van der Waals surface area contributed by atoms with E-state index in [0.717, 1.165) is 0 Å². The van der Waals surface area contributed by atoms with Crippen LogP contribution in [0, 0.1) is 5.82 Å². The van der Waals surface area contributed by atoms with E-state index in [0.29, 0.717) is 16.8 Å². The molecule has 0 saturated heterocycles. The van der Waals surface area contributed by atoms with E-state index in [1.807, 2.05) is 0 Å². The smallest absolute Gasteiger partial charge is 0.271 e. The summed E-state index contributed by atoms with van der Waals surface area (Å²) in [5.74, 6) is -0.894. The van der Waals surface area contributed by atoms with Crippen LogP contribution < -0.4 is 10.7 Å². The number of nitrogens with one attached hydrogen (secondary N) is 2. The Kier molecular flexibility index (Phi) is 4.98. The van der Waals surface area contributed by atoms with Gasteiger partial charge in [-0.05, 0) is 42.0 Å². The maximum absolute atomic E-state index is 12.7. The number of anilines is 1. The van der Waals surface area contributed by atoms with Crippen LogP contribution in [0.15, 0.2) is 53.6 Å². The second kappa shape index (κ2) is 7.12. The maximum atomic E-state index is 12.7. The summed E-state index contributed by atoms with van der Waals surface area (Å²) in [5, 5.41) is 6.41. The van der Waals surface area contributed by atoms with E-state index in [4.69, 9.17) is 0 Å². The van der Waals surface area contributed by atoms with E-state index in [1.54, 1.807) is 36.4 Å². The van der Waals surface area contributed by atoms with Crippen LogP contribution in [-0.4, -0.2) is 18.0 Å². The SMILES string of the molecule is CC(=O)Nc1ccc(C(=O)NN=Cc2ccc(F)cc2)cc1. The summed E-state index contributed by atoms with van der Waals surface area (Å²) in [6.07, 6.45) is 1.42. The first kappa shape index (κ1) is 15.4. The maximum Gasteiger partial charge on any atom is 0.271 e. The van der Waals surface area contributed by atoms with Gasteiger partial charge in [0, 0.05) is 18.2 Å². The molecule has 0 heterocycles. The lowest BCUT2D eigenvalue weighted by Gasteiger charge is -2.03. The van der Waals surface area contributed by atoms with Gasteiger partial charge in [0.1, 0.15) is 5.82 Å². The summed E-state index contributed by atoms with van der Waals surface area (Å²) in [4.78, 5) is 22.7. The minimum atomic E-state index is -0.382. The lowest BCUT2D eigenvalue weighted by Crippen LogP contribution is -2.17. The monoisotopic (exact) mass is 299 g/mol. The highest BCUT2D eigenvalue weighted by molar-refractivity contribution is 5.96. The van der Waals surface area contributed by atoms with Gasteiger partial charge in [0.15, 0.2) is 0 Å². The summed E-state index contributed by atoms with van der Waals surface area (Å²) in [5.41, 5.74) is 4.06. The number of carbonyl (C=O) groups is 2. The van der Waals surface area contributed by atoms with Crippen LogP contribution in [0.3, 0.4) is 0 Å². The number of hydrogen-bond donors (Lipinski definition) is 2. The average molecular weight is 299 g/mol. The standard InChI is InChI=1S/C16H14FN3O2/c1-11(21)19-15-8-4-13(5-9-15)16(22)20-18-10-12-2-6-14(17)7-3-12/h2-10H,1H3,(H,19,21)(H,20,22). The van der Waals surface area contributed by atoms with E-state index in [1.165, 1.54) is 25.3 Å². The Morgan fingerprint density at radius 3 is 2.27 bits per heavy atom. The first-order chi connectivity index (χ1) is 10.5. The van der Waals surface area contributed by atoms with Gasteiger partial charge >= 0.3 is 0 Å². The van der Waals surface area contributed by atoms with Gasteiger partial charge in [-0.3, -0.25) is 9.59 Å². The van der Waals surface area contributed by atoms with Crippen molar-refractivity contribution in [3.05, 3.63) is 65.5 Å². The molecular weight excluding hydrogens is 285 g/mol. The molecule has 2 N–H and O–H groups in total. The molecule has 0 atom stereocenters. The zero-order valence-corrected chi connectivity index (χ0v) is 11.8. The van der Waals surface area contributed by atoms with E-state index >= 15 is 0 Å². The summed E-state index contributed by atoms with van der Waals surface area (Å²) < 4.78 is 12.7. The van der Waals surface area contributed by atoms with Crippen LogP contribution in [0.1, 0.15) is 22.8 Å². The lowest BCUT2D eigenvalue weighted by atomic mass is 10.2. The molecule has 2 rings (SSSR count). The van der Waals surface area contributed by atoms with E-state index in [-0.39, 0.29) is 17.6 Å². The summed E-state index contributed by atoms with van der Waals surface area (Å²) in [6, 6.07) is 12.1. The molecule has 0 aliphatic rings. The summed E-state index contributed by atoms with van der Waals surface area (Å²) in [7, 11) is 0. The Morgan fingerprint density at radius 2 is 1.68 bits per heavy atom. The van der Waals surface area contributed by atoms with Crippen molar-refractivity contribution in [1.82, 2.24) is 5.43 Å². The molecular formula is C16H14FN3O2. The molecule has 0 unspecified atom stereocenters. The minimum Gasteiger partial charge on any atom is -0.326 e. The van der Waals surface area contributed by atoms with Crippen LogP contribution in [0.4, 0.5) is 10.1 Å². The van der Waals surface area contributed by atoms with Gasteiger partial charge in [0.2, 0.25) is 5.91 Å². The van der Waals surface area contributed by atoms with Gasteiger partial charge in [-0.15, -0.1) is 0 Å². The molecule has 0 radical (unpaired) electrons. The molecule has 0 aliphatic carbocycles. The molecule has 0 bridgehead atoms. The number of nitrogens with zero attached hydrogens (tertiary/aromatic N) is 1. The van der Waals surface area contributed by atoms with Gasteiger partial charge in [-0.1, -0.05) is 12.1 Å². The molecule has 6 heteroatoms. The fourth-order valence-corrected chi connectivity index (χ4v) is 1.69.